The number of benzene rings is 1. The Balaban J connectivity index is 1.81. The lowest BCUT2D eigenvalue weighted by atomic mass is 9.81. The molecule has 0 bridgehead atoms. The van der Waals surface area contributed by atoms with Gasteiger partial charge in [-0.2, -0.15) is 0 Å². The minimum absolute atomic E-state index is 0.00804. The molecule has 0 radical (unpaired) electrons. The number of nitrogens with zero attached hydrogens (tertiary/aromatic N) is 1. The van der Waals surface area contributed by atoms with Gasteiger partial charge < -0.3 is 10.2 Å². The Bertz CT molecular complexity index is 634. The molecule has 1 aromatic rings. The van der Waals surface area contributed by atoms with E-state index in [0.29, 0.717) is 5.56 Å². The number of rotatable bonds is 3. The van der Waals surface area contributed by atoms with Gasteiger partial charge in [-0.3, -0.25) is 9.59 Å². The van der Waals surface area contributed by atoms with Gasteiger partial charge in [0.15, 0.2) is 0 Å². The van der Waals surface area contributed by atoms with E-state index in [1.54, 1.807) is 12.1 Å². The quantitative estimate of drug-likeness (QED) is 0.924. The molecule has 0 aromatic heterocycles. The molecule has 1 N–H and O–H groups in total. The van der Waals surface area contributed by atoms with Crippen LogP contribution in [0.2, 0.25) is 0 Å². The molecule has 4 heteroatoms. The molecule has 1 fully saturated rings. The molecular weight excluding hydrogens is 300 g/mol. The van der Waals surface area contributed by atoms with Gasteiger partial charge in [-0.15, -0.1) is 0 Å². The molecule has 2 atom stereocenters. The van der Waals surface area contributed by atoms with Gasteiger partial charge in [-0.1, -0.05) is 50.5 Å². The highest BCUT2D eigenvalue weighted by Crippen LogP contribution is 2.32. The van der Waals surface area contributed by atoms with Gasteiger partial charge in [0, 0.05) is 23.7 Å². The Morgan fingerprint density at radius 3 is 2.50 bits per heavy atom. The van der Waals surface area contributed by atoms with E-state index < -0.39 is 5.54 Å². The summed E-state index contributed by atoms with van der Waals surface area (Å²) < 4.78 is 0. The third-order valence-electron chi connectivity index (χ3n) is 5.50. The van der Waals surface area contributed by atoms with Crippen LogP contribution in [0.1, 0.15) is 56.3 Å². The van der Waals surface area contributed by atoms with Crippen molar-refractivity contribution >= 4 is 11.8 Å². The lowest BCUT2D eigenvalue weighted by molar-refractivity contribution is -0.139. The third-order valence-corrected chi connectivity index (χ3v) is 5.50. The predicted molar refractivity (Wildman–Crippen MR) is 94.3 cm³/mol. The first kappa shape index (κ1) is 16.7. The molecule has 1 saturated carbocycles. The van der Waals surface area contributed by atoms with E-state index in [9.17, 15) is 9.59 Å². The summed E-state index contributed by atoms with van der Waals surface area (Å²) in [6.45, 7) is 3.83. The summed E-state index contributed by atoms with van der Waals surface area (Å²) in [7, 11) is 0. The van der Waals surface area contributed by atoms with Crippen molar-refractivity contribution in [3.05, 3.63) is 48.2 Å². The molecule has 4 nitrogen and oxygen atoms in total. The standard InChI is InChI=1S/C20H26N2O2/c1-15-13-14-22(17-11-7-4-8-12-17)19(24)20(15,2)21-18(23)16-9-5-3-6-10-16/h3,5-6,9-10,13-15,17H,4,7-8,11-12H2,1-2H3,(H,21,23)/t15-,20+/m0/s1. The average molecular weight is 326 g/mol. The Labute approximate surface area is 143 Å². The van der Waals surface area contributed by atoms with E-state index in [1.807, 2.05) is 49.2 Å². The van der Waals surface area contributed by atoms with E-state index in [2.05, 4.69) is 5.32 Å². The van der Waals surface area contributed by atoms with Crippen molar-refractivity contribution in [2.75, 3.05) is 0 Å². The smallest absolute Gasteiger partial charge is 0.252 e. The zero-order valence-electron chi connectivity index (χ0n) is 14.5. The van der Waals surface area contributed by atoms with Crippen LogP contribution < -0.4 is 5.32 Å². The largest absolute Gasteiger partial charge is 0.337 e. The van der Waals surface area contributed by atoms with Crippen LogP contribution >= 0.6 is 0 Å². The van der Waals surface area contributed by atoms with Gasteiger partial charge in [0.05, 0.1) is 0 Å². The molecule has 3 rings (SSSR count). The highest BCUT2D eigenvalue weighted by Gasteiger charge is 2.45. The molecule has 1 aromatic carbocycles. The van der Waals surface area contributed by atoms with Crippen LogP contribution in [0.5, 0.6) is 0 Å². The maximum atomic E-state index is 13.2. The van der Waals surface area contributed by atoms with Crippen LogP contribution in [0, 0.1) is 5.92 Å². The van der Waals surface area contributed by atoms with Crippen LogP contribution in [0.4, 0.5) is 0 Å². The van der Waals surface area contributed by atoms with Crippen molar-refractivity contribution in [3.63, 3.8) is 0 Å². The van der Waals surface area contributed by atoms with Gasteiger partial charge in [0.25, 0.3) is 11.8 Å². The summed E-state index contributed by atoms with van der Waals surface area (Å²) in [4.78, 5) is 27.6. The normalized spacial score (nSPS) is 28.0. The Morgan fingerprint density at radius 1 is 1.17 bits per heavy atom. The predicted octanol–water partition coefficient (Wildman–Crippen LogP) is 3.50. The fraction of sp³-hybridized carbons (Fsp3) is 0.500. The summed E-state index contributed by atoms with van der Waals surface area (Å²) in [5.41, 5.74) is -0.323. The summed E-state index contributed by atoms with van der Waals surface area (Å²) in [6, 6.07) is 9.34. The molecule has 1 aliphatic carbocycles. The van der Waals surface area contributed by atoms with Gasteiger partial charge in [0.1, 0.15) is 5.54 Å². The molecule has 24 heavy (non-hydrogen) atoms. The van der Waals surface area contributed by atoms with Gasteiger partial charge in [-0.25, -0.2) is 0 Å². The minimum atomic E-state index is -0.904. The van der Waals surface area contributed by atoms with Crippen molar-refractivity contribution < 1.29 is 9.59 Å². The number of amides is 2. The molecule has 128 valence electrons. The first-order chi connectivity index (χ1) is 11.5. The van der Waals surface area contributed by atoms with Crippen LogP contribution in [0.15, 0.2) is 42.6 Å². The van der Waals surface area contributed by atoms with E-state index >= 15 is 0 Å². The van der Waals surface area contributed by atoms with E-state index in [0.717, 1.165) is 12.8 Å². The van der Waals surface area contributed by atoms with Crippen LogP contribution in [-0.4, -0.2) is 28.3 Å². The molecule has 2 aliphatic rings. The average Bonchev–Trinajstić information content (AvgIpc) is 2.62. The lowest BCUT2D eigenvalue weighted by Crippen LogP contribution is -2.63. The zero-order valence-corrected chi connectivity index (χ0v) is 14.5. The number of carbonyl (C=O) groups is 2. The Kier molecular flexibility index (Phi) is 4.74. The molecular formula is C20H26N2O2. The minimum Gasteiger partial charge on any atom is -0.337 e. The monoisotopic (exact) mass is 326 g/mol. The highest BCUT2D eigenvalue weighted by molar-refractivity contribution is 6.00. The van der Waals surface area contributed by atoms with Crippen molar-refractivity contribution in [1.29, 1.82) is 0 Å². The van der Waals surface area contributed by atoms with Crippen molar-refractivity contribution in [3.8, 4) is 0 Å². The molecule has 1 heterocycles. The second-order valence-electron chi connectivity index (χ2n) is 7.16. The molecule has 1 aliphatic heterocycles. The summed E-state index contributed by atoms with van der Waals surface area (Å²) in [5, 5.41) is 3.00. The van der Waals surface area contributed by atoms with Gasteiger partial charge >= 0.3 is 0 Å². The maximum absolute atomic E-state index is 13.2. The highest BCUT2D eigenvalue weighted by atomic mass is 16.2. The number of nitrogens with one attached hydrogen (secondary N) is 1. The first-order valence-electron chi connectivity index (χ1n) is 8.91. The van der Waals surface area contributed by atoms with E-state index in [-0.39, 0.29) is 23.8 Å². The lowest BCUT2D eigenvalue weighted by Gasteiger charge is -2.44. The summed E-state index contributed by atoms with van der Waals surface area (Å²) in [6.07, 6.45) is 9.66. The molecule has 0 spiro atoms. The van der Waals surface area contributed by atoms with Crippen molar-refractivity contribution in [1.82, 2.24) is 10.2 Å². The molecule has 2 amide bonds. The Hall–Kier alpha value is -2.10. The van der Waals surface area contributed by atoms with E-state index in [1.165, 1.54) is 19.3 Å². The number of hydrogen-bond acceptors (Lipinski definition) is 2. The fourth-order valence-electron chi connectivity index (χ4n) is 3.66. The van der Waals surface area contributed by atoms with Crippen LogP contribution in [-0.2, 0) is 4.79 Å². The van der Waals surface area contributed by atoms with Crippen molar-refractivity contribution in [2.24, 2.45) is 5.92 Å². The SMILES string of the molecule is C[C@H]1C=CN(C2CCCCC2)C(=O)[C@]1(C)NC(=O)c1ccccc1. The fourth-order valence-corrected chi connectivity index (χ4v) is 3.66. The Morgan fingerprint density at radius 2 is 1.83 bits per heavy atom. The van der Waals surface area contributed by atoms with E-state index in [4.69, 9.17) is 0 Å². The summed E-state index contributed by atoms with van der Waals surface area (Å²) >= 11 is 0. The number of carbonyl (C=O) groups excluding carboxylic acids is 2. The second kappa shape index (κ2) is 6.80. The van der Waals surface area contributed by atoms with Crippen LogP contribution in [0.25, 0.3) is 0 Å². The van der Waals surface area contributed by atoms with Gasteiger partial charge in [-0.05, 0) is 31.9 Å². The zero-order chi connectivity index (χ0) is 17.2. The molecule has 0 unspecified atom stereocenters. The second-order valence-corrected chi connectivity index (χ2v) is 7.16. The molecule has 0 saturated heterocycles. The maximum Gasteiger partial charge on any atom is 0.252 e. The van der Waals surface area contributed by atoms with Gasteiger partial charge in [0.2, 0.25) is 0 Å². The number of hydrogen-bond donors (Lipinski definition) is 1. The topological polar surface area (TPSA) is 49.4 Å². The first-order valence-corrected chi connectivity index (χ1v) is 8.91. The third kappa shape index (κ3) is 3.10. The van der Waals surface area contributed by atoms with Crippen molar-refractivity contribution in [2.45, 2.75) is 57.5 Å². The summed E-state index contributed by atoms with van der Waals surface area (Å²) in [5.74, 6) is -0.233. The van der Waals surface area contributed by atoms with Crippen LogP contribution in [0.3, 0.4) is 0 Å².